The maximum Gasteiger partial charge on any atom is 0.119 e. The molecule has 0 aliphatic heterocycles. The lowest BCUT2D eigenvalue weighted by atomic mass is 9.81. The summed E-state index contributed by atoms with van der Waals surface area (Å²) in [4.78, 5) is 13.5. The van der Waals surface area contributed by atoms with Crippen LogP contribution in [0.15, 0.2) is 84.9 Å². The molecule has 4 aromatic rings. The lowest BCUT2D eigenvalue weighted by Gasteiger charge is -2.28. The van der Waals surface area contributed by atoms with Gasteiger partial charge in [-0.15, -0.1) is 5.23 Å². The first-order chi connectivity index (χ1) is 21.9. The molecular formula is C37H47N3O5. The average molecular weight is 614 g/mol. The Morgan fingerprint density at radius 1 is 0.644 bits per heavy atom. The van der Waals surface area contributed by atoms with Crippen LogP contribution in [0.1, 0.15) is 54.5 Å². The van der Waals surface area contributed by atoms with Crippen molar-refractivity contribution < 1.29 is 24.6 Å². The first-order valence-electron chi connectivity index (χ1n) is 15.8. The van der Waals surface area contributed by atoms with Gasteiger partial charge in [0.15, 0.2) is 0 Å². The van der Waals surface area contributed by atoms with Gasteiger partial charge in [-0.3, -0.25) is 0 Å². The highest BCUT2D eigenvalue weighted by atomic mass is 16.9. The van der Waals surface area contributed by atoms with Crippen molar-refractivity contribution in [3.05, 3.63) is 113 Å². The summed E-state index contributed by atoms with van der Waals surface area (Å²) in [5, 5.41) is 24.2. The molecule has 45 heavy (non-hydrogen) atoms. The van der Waals surface area contributed by atoms with Gasteiger partial charge in [0.25, 0.3) is 0 Å². The van der Waals surface area contributed by atoms with E-state index < -0.39 is 0 Å². The molecule has 1 atom stereocenters. The van der Waals surface area contributed by atoms with E-state index in [9.17, 15) is 10.2 Å². The van der Waals surface area contributed by atoms with Crippen molar-refractivity contribution in [3.8, 4) is 5.75 Å². The summed E-state index contributed by atoms with van der Waals surface area (Å²) >= 11 is 0. The molecule has 0 fully saturated rings. The zero-order valence-electron chi connectivity index (χ0n) is 27.1. The van der Waals surface area contributed by atoms with E-state index in [0.717, 1.165) is 45.2 Å². The van der Waals surface area contributed by atoms with Crippen LogP contribution in [0.25, 0.3) is 0 Å². The second-order valence-electron chi connectivity index (χ2n) is 10.7. The Bertz CT molecular complexity index is 1400. The SMILES string of the molecule is CCOc1ccc(Nc2ccc(C(c3ccc(N(CCO)CCO)cc3C)c3ccc(N(OCC)OCC)cc3C)cc2)cc1. The number of benzene rings is 4. The van der Waals surface area contributed by atoms with E-state index in [1.165, 1.54) is 16.4 Å². The number of aliphatic hydroxyl groups excluding tert-OH is 2. The normalized spacial score (nSPS) is 11.7. The molecule has 4 rings (SSSR count). The van der Waals surface area contributed by atoms with Gasteiger partial charge in [0, 0.05) is 36.1 Å². The fourth-order valence-corrected chi connectivity index (χ4v) is 5.56. The van der Waals surface area contributed by atoms with Crippen LogP contribution in [0.4, 0.5) is 22.7 Å². The molecule has 4 aromatic carbocycles. The number of hydrogen-bond donors (Lipinski definition) is 3. The van der Waals surface area contributed by atoms with Crippen LogP contribution in [0.2, 0.25) is 0 Å². The summed E-state index contributed by atoms with van der Waals surface area (Å²) in [6.45, 7) is 12.7. The zero-order chi connectivity index (χ0) is 32.2. The van der Waals surface area contributed by atoms with E-state index in [-0.39, 0.29) is 19.1 Å². The highest BCUT2D eigenvalue weighted by Gasteiger charge is 2.23. The van der Waals surface area contributed by atoms with E-state index in [2.05, 4.69) is 73.8 Å². The molecule has 0 aliphatic rings. The number of nitrogens with one attached hydrogen (secondary N) is 1. The van der Waals surface area contributed by atoms with Crippen molar-refractivity contribution in [1.82, 2.24) is 0 Å². The summed E-state index contributed by atoms with van der Waals surface area (Å²) in [6, 6.07) is 29.2. The van der Waals surface area contributed by atoms with E-state index in [4.69, 9.17) is 14.4 Å². The van der Waals surface area contributed by atoms with E-state index in [0.29, 0.717) is 32.9 Å². The maximum absolute atomic E-state index is 9.59. The van der Waals surface area contributed by atoms with Crippen molar-refractivity contribution in [2.24, 2.45) is 0 Å². The van der Waals surface area contributed by atoms with Gasteiger partial charge in [-0.2, -0.15) is 0 Å². The number of rotatable bonds is 17. The van der Waals surface area contributed by atoms with E-state index >= 15 is 0 Å². The third-order valence-electron chi connectivity index (χ3n) is 7.64. The number of ether oxygens (including phenoxy) is 1. The number of anilines is 4. The van der Waals surface area contributed by atoms with Crippen LogP contribution in [0.5, 0.6) is 5.75 Å². The number of aryl methyl sites for hydroxylation is 2. The summed E-state index contributed by atoms with van der Waals surface area (Å²) in [6.07, 6.45) is 0. The van der Waals surface area contributed by atoms with Gasteiger partial charge >= 0.3 is 0 Å². The number of nitrogens with zero attached hydrogens (tertiary/aromatic N) is 2. The molecule has 0 bridgehead atoms. The molecule has 0 spiro atoms. The van der Waals surface area contributed by atoms with Crippen LogP contribution in [-0.2, 0) is 9.68 Å². The van der Waals surface area contributed by atoms with Crippen molar-refractivity contribution in [3.63, 3.8) is 0 Å². The molecule has 0 saturated heterocycles. The van der Waals surface area contributed by atoms with Crippen LogP contribution < -0.4 is 20.2 Å². The molecule has 0 heterocycles. The molecule has 3 N–H and O–H groups in total. The van der Waals surface area contributed by atoms with Crippen molar-refractivity contribution in [2.45, 2.75) is 40.5 Å². The number of aliphatic hydroxyl groups is 2. The van der Waals surface area contributed by atoms with Crippen LogP contribution in [0, 0.1) is 13.8 Å². The molecule has 1 unspecified atom stereocenters. The monoisotopic (exact) mass is 613 g/mol. The van der Waals surface area contributed by atoms with Crippen LogP contribution in [-0.4, -0.2) is 56.3 Å². The molecular weight excluding hydrogens is 566 g/mol. The Hall–Kier alpha value is -4.08. The topological polar surface area (TPSA) is 86.7 Å². The van der Waals surface area contributed by atoms with Gasteiger partial charge in [0.05, 0.1) is 38.7 Å². The Labute approximate surface area is 267 Å². The Kier molecular flexibility index (Phi) is 12.7. The standard InChI is InChI=1S/C37H47N3O5/c1-6-43-34-17-13-31(14-18-34)38-30-11-9-29(10-12-30)37(35-19-15-32(25-27(35)4)39(21-23-41)22-24-42)36-20-16-33(26-28(36)5)40(44-7-2)45-8-3/h9-20,25-26,37-38,41-42H,6-8,21-24H2,1-5H3. The summed E-state index contributed by atoms with van der Waals surface area (Å²) in [7, 11) is 0. The summed E-state index contributed by atoms with van der Waals surface area (Å²) in [5.41, 5.74) is 9.56. The van der Waals surface area contributed by atoms with Gasteiger partial charge in [0.1, 0.15) is 5.75 Å². The van der Waals surface area contributed by atoms with Crippen molar-refractivity contribution in [1.29, 1.82) is 0 Å². The first-order valence-corrected chi connectivity index (χ1v) is 15.8. The highest BCUT2D eigenvalue weighted by Crippen LogP contribution is 2.38. The first kappa shape index (κ1) is 33.8. The fraction of sp³-hybridized carbons (Fsp3) is 0.351. The molecule has 8 heteroatoms. The third kappa shape index (κ3) is 8.77. The minimum atomic E-state index is -0.0376. The minimum Gasteiger partial charge on any atom is -0.494 e. The highest BCUT2D eigenvalue weighted by molar-refractivity contribution is 5.63. The second kappa shape index (κ2) is 16.8. The Morgan fingerprint density at radius 3 is 1.64 bits per heavy atom. The van der Waals surface area contributed by atoms with Gasteiger partial charge in [0.2, 0.25) is 0 Å². The smallest absolute Gasteiger partial charge is 0.119 e. The zero-order valence-corrected chi connectivity index (χ0v) is 27.1. The van der Waals surface area contributed by atoms with Crippen LogP contribution >= 0.6 is 0 Å². The predicted molar refractivity (Wildman–Crippen MR) is 183 cm³/mol. The molecule has 0 amide bonds. The second-order valence-corrected chi connectivity index (χ2v) is 10.7. The molecule has 0 aromatic heterocycles. The largest absolute Gasteiger partial charge is 0.494 e. The van der Waals surface area contributed by atoms with Gasteiger partial charge < -0.3 is 25.2 Å². The molecule has 8 nitrogen and oxygen atoms in total. The Balaban J connectivity index is 1.72. The minimum absolute atomic E-state index is 0.0204. The molecule has 0 aliphatic carbocycles. The van der Waals surface area contributed by atoms with Crippen molar-refractivity contribution in [2.75, 3.05) is 61.6 Å². The van der Waals surface area contributed by atoms with Crippen LogP contribution in [0.3, 0.4) is 0 Å². The van der Waals surface area contributed by atoms with Gasteiger partial charge in [-0.05, 0) is 123 Å². The summed E-state index contributed by atoms with van der Waals surface area (Å²) in [5.74, 6) is 0.815. The lowest BCUT2D eigenvalue weighted by Crippen LogP contribution is -2.29. The third-order valence-corrected chi connectivity index (χ3v) is 7.64. The van der Waals surface area contributed by atoms with Gasteiger partial charge in [-0.25, -0.2) is 9.68 Å². The quantitative estimate of drug-likeness (QED) is 0.0857. The molecule has 0 saturated carbocycles. The van der Waals surface area contributed by atoms with E-state index in [1.807, 2.05) is 56.0 Å². The fourth-order valence-electron chi connectivity index (χ4n) is 5.56. The predicted octanol–water partition coefficient (Wildman–Crippen LogP) is 7.13. The Morgan fingerprint density at radius 2 is 1.16 bits per heavy atom. The van der Waals surface area contributed by atoms with Crippen molar-refractivity contribution >= 4 is 22.7 Å². The number of hydrogen-bond acceptors (Lipinski definition) is 8. The molecule has 240 valence electrons. The average Bonchev–Trinajstić information content (AvgIpc) is 3.04. The summed E-state index contributed by atoms with van der Waals surface area (Å²) < 4.78 is 5.58. The maximum atomic E-state index is 9.59. The lowest BCUT2D eigenvalue weighted by molar-refractivity contribution is -0.0817. The van der Waals surface area contributed by atoms with Gasteiger partial charge in [-0.1, -0.05) is 24.3 Å². The van der Waals surface area contributed by atoms with E-state index in [1.54, 1.807) is 0 Å². The molecule has 0 radical (unpaired) electrons.